The van der Waals surface area contributed by atoms with E-state index in [4.69, 9.17) is 9.84 Å². The van der Waals surface area contributed by atoms with Crippen LogP contribution in [0.2, 0.25) is 0 Å². The van der Waals surface area contributed by atoms with Crippen LogP contribution in [0, 0.1) is 0 Å². The second kappa shape index (κ2) is 6.12. The number of rotatable bonds is 5. The first-order valence-electron chi connectivity index (χ1n) is 6.44. The van der Waals surface area contributed by atoms with Gasteiger partial charge in [-0.2, -0.15) is 0 Å². The Hall–Kier alpha value is -1.47. The van der Waals surface area contributed by atoms with Crippen molar-refractivity contribution in [1.29, 1.82) is 0 Å². The van der Waals surface area contributed by atoms with Crippen LogP contribution in [0.4, 0.5) is 0 Å². The molecule has 2 aliphatic heterocycles. The van der Waals surface area contributed by atoms with Gasteiger partial charge in [-0.15, -0.1) is 0 Å². The summed E-state index contributed by atoms with van der Waals surface area (Å²) in [4.78, 5) is 37.0. The highest BCUT2D eigenvalue weighted by Gasteiger charge is 2.31. The SMILES string of the molecule is O=C(O)CC1COCCN1CCN1C(=O)CCC1=O. The average Bonchev–Trinajstić information content (AvgIpc) is 2.68. The maximum atomic E-state index is 11.5. The minimum Gasteiger partial charge on any atom is -0.481 e. The molecule has 2 amide bonds. The molecular formula is C12H18N2O5. The monoisotopic (exact) mass is 270 g/mol. The Bertz CT molecular complexity index is 368. The van der Waals surface area contributed by atoms with Crippen molar-refractivity contribution < 1.29 is 24.2 Å². The zero-order valence-corrected chi connectivity index (χ0v) is 10.7. The van der Waals surface area contributed by atoms with Gasteiger partial charge in [-0.25, -0.2) is 0 Å². The third-order valence-corrected chi connectivity index (χ3v) is 3.53. The molecular weight excluding hydrogens is 252 g/mol. The lowest BCUT2D eigenvalue weighted by Gasteiger charge is -2.35. The lowest BCUT2D eigenvalue weighted by Crippen LogP contribution is -2.49. The molecule has 0 radical (unpaired) electrons. The zero-order valence-electron chi connectivity index (χ0n) is 10.7. The molecule has 0 bridgehead atoms. The summed E-state index contributed by atoms with van der Waals surface area (Å²) < 4.78 is 5.27. The maximum Gasteiger partial charge on any atom is 0.305 e. The van der Waals surface area contributed by atoms with Gasteiger partial charge in [0.05, 0.1) is 19.6 Å². The average molecular weight is 270 g/mol. The third-order valence-electron chi connectivity index (χ3n) is 3.53. The molecule has 2 fully saturated rings. The van der Waals surface area contributed by atoms with E-state index in [0.717, 1.165) is 0 Å². The van der Waals surface area contributed by atoms with Crippen molar-refractivity contribution >= 4 is 17.8 Å². The van der Waals surface area contributed by atoms with E-state index in [9.17, 15) is 14.4 Å². The Morgan fingerprint density at radius 1 is 1.26 bits per heavy atom. The Morgan fingerprint density at radius 2 is 1.95 bits per heavy atom. The van der Waals surface area contributed by atoms with Crippen LogP contribution in [0.3, 0.4) is 0 Å². The number of hydrogen-bond acceptors (Lipinski definition) is 5. The topological polar surface area (TPSA) is 87.2 Å². The summed E-state index contributed by atoms with van der Waals surface area (Å²) in [5.74, 6) is -1.13. The summed E-state index contributed by atoms with van der Waals surface area (Å²) >= 11 is 0. The van der Waals surface area contributed by atoms with E-state index in [1.807, 2.05) is 4.90 Å². The number of ether oxygens (including phenoxy) is 1. The van der Waals surface area contributed by atoms with Crippen LogP contribution in [0.1, 0.15) is 19.3 Å². The summed E-state index contributed by atoms with van der Waals surface area (Å²) in [5, 5.41) is 8.85. The van der Waals surface area contributed by atoms with Gasteiger partial charge in [-0.1, -0.05) is 0 Å². The molecule has 0 aromatic heterocycles. The number of likely N-dealkylation sites (tertiary alicyclic amines) is 1. The molecule has 0 spiro atoms. The number of imide groups is 1. The van der Waals surface area contributed by atoms with Crippen LogP contribution in [-0.2, 0) is 19.1 Å². The fraction of sp³-hybridized carbons (Fsp3) is 0.750. The highest BCUT2D eigenvalue weighted by Crippen LogP contribution is 2.14. The van der Waals surface area contributed by atoms with Crippen molar-refractivity contribution in [2.24, 2.45) is 0 Å². The summed E-state index contributed by atoms with van der Waals surface area (Å²) in [6.45, 7) is 2.42. The first kappa shape index (κ1) is 14.0. The summed E-state index contributed by atoms with van der Waals surface area (Å²) in [5.41, 5.74) is 0. The van der Waals surface area contributed by atoms with Crippen LogP contribution in [0.15, 0.2) is 0 Å². The van der Waals surface area contributed by atoms with E-state index in [-0.39, 0.29) is 24.3 Å². The highest BCUT2D eigenvalue weighted by molar-refractivity contribution is 6.01. The summed E-state index contributed by atoms with van der Waals surface area (Å²) in [6, 6.07) is -0.181. The second-order valence-electron chi connectivity index (χ2n) is 4.80. The maximum absolute atomic E-state index is 11.5. The standard InChI is InChI=1S/C12H18N2O5/c15-10-1-2-11(16)14(10)4-3-13-5-6-19-8-9(13)7-12(17)18/h9H,1-8H2,(H,17,18). The Morgan fingerprint density at radius 3 is 2.58 bits per heavy atom. The predicted octanol–water partition coefficient (Wildman–Crippen LogP) is -0.689. The summed E-state index contributed by atoms with van der Waals surface area (Å²) in [7, 11) is 0. The van der Waals surface area contributed by atoms with Gasteiger partial charge in [-0.3, -0.25) is 24.2 Å². The number of carboxylic acid groups (broad SMARTS) is 1. The van der Waals surface area contributed by atoms with Gasteiger partial charge in [0.15, 0.2) is 0 Å². The van der Waals surface area contributed by atoms with E-state index >= 15 is 0 Å². The normalized spacial score (nSPS) is 25.1. The number of carbonyl (C=O) groups excluding carboxylic acids is 2. The number of carboxylic acids is 1. The molecule has 0 aromatic carbocycles. The van der Waals surface area contributed by atoms with E-state index < -0.39 is 5.97 Å². The lowest BCUT2D eigenvalue weighted by atomic mass is 10.1. The lowest BCUT2D eigenvalue weighted by molar-refractivity contribution is -0.142. The smallest absolute Gasteiger partial charge is 0.305 e. The van der Waals surface area contributed by atoms with Crippen molar-refractivity contribution in [2.75, 3.05) is 32.8 Å². The van der Waals surface area contributed by atoms with Gasteiger partial charge in [0, 0.05) is 38.5 Å². The van der Waals surface area contributed by atoms with E-state index in [2.05, 4.69) is 0 Å². The number of morpholine rings is 1. The number of nitrogens with zero attached hydrogens (tertiary/aromatic N) is 2. The molecule has 1 unspecified atom stereocenters. The fourth-order valence-corrected chi connectivity index (χ4v) is 2.47. The van der Waals surface area contributed by atoms with Crippen molar-refractivity contribution in [3.63, 3.8) is 0 Å². The molecule has 7 heteroatoms. The minimum absolute atomic E-state index is 0.0158. The minimum atomic E-state index is -0.867. The quantitative estimate of drug-likeness (QED) is 0.665. The van der Waals surface area contributed by atoms with Gasteiger partial charge in [0.2, 0.25) is 11.8 Å². The Balaban J connectivity index is 1.87. The molecule has 0 aromatic rings. The van der Waals surface area contributed by atoms with E-state index in [0.29, 0.717) is 45.7 Å². The molecule has 2 heterocycles. The first-order valence-corrected chi connectivity index (χ1v) is 6.44. The van der Waals surface area contributed by atoms with Crippen LogP contribution < -0.4 is 0 Å². The zero-order chi connectivity index (χ0) is 13.8. The molecule has 7 nitrogen and oxygen atoms in total. The van der Waals surface area contributed by atoms with Crippen LogP contribution in [0.5, 0.6) is 0 Å². The Labute approximate surface area is 111 Å². The molecule has 106 valence electrons. The third kappa shape index (κ3) is 3.51. The van der Waals surface area contributed by atoms with Crippen molar-refractivity contribution in [1.82, 2.24) is 9.80 Å². The van der Waals surface area contributed by atoms with Gasteiger partial charge >= 0.3 is 5.97 Å². The van der Waals surface area contributed by atoms with Crippen LogP contribution in [-0.4, -0.2) is 71.6 Å². The molecule has 0 saturated carbocycles. The number of amides is 2. The van der Waals surface area contributed by atoms with Gasteiger partial charge in [0.1, 0.15) is 0 Å². The van der Waals surface area contributed by atoms with Crippen molar-refractivity contribution in [3.8, 4) is 0 Å². The molecule has 1 atom stereocenters. The van der Waals surface area contributed by atoms with Crippen LogP contribution >= 0.6 is 0 Å². The van der Waals surface area contributed by atoms with E-state index in [1.54, 1.807) is 0 Å². The first-order chi connectivity index (χ1) is 9.08. The van der Waals surface area contributed by atoms with E-state index in [1.165, 1.54) is 4.90 Å². The molecule has 2 aliphatic rings. The largest absolute Gasteiger partial charge is 0.481 e. The Kier molecular flexibility index (Phi) is 4.49. The molecule has 0 aliphatic carbocycles. The second-order valence-corrected chi connectivity index (χ2v) is 4.80. The van der Waals surface area contributed by atoms with Gasteiger partial charge in [0.25, 0.3) is 0 Å². The predicted molar refractivity (Wildman–Crippen MR) is 64.4 cm³/mol. The molecule has 19 heavy (non-hydrogen) atoms. The number of carbonyl (C=O) groups is 3. The fourth-order valence-electron chi connectivity index (χ4n) is 2.47. The highest BCUT2D eigenvalue weighted by atomic mass is 16.5. The van der Waals surface area contributed by atoms with Gasteiger partial charge < -0.3 is 9.84 Å². The van der Waals surface area contributed by atoms with Gasteiger partial charge in [-0.05, 0) is 0 Å². The molecule has 1 N–H and O–H groups in total. The molecule has 2 rings (SSSR count). The summed E-state index contributed by atoms with van der Waals surface area (Å²) in [6.07, 6.45) is 0.600. The molecule has 2 saturated heterocycles. The van der Waals surface area contributed by atoms with Crippen molar-refractivity contribution in [2.45, 2.75) is 25.3 Å². The number of aliphatic carboxylic acids is 1. The van der Waals surface area contributed by atoms with Crippen LogP contribution in [0.25, 0.3) is 0 Å². The number of hydrogen-bond donors (Lipinski definition) is 1. The van der Waals surface area contributed by atoms with Crippen molar-refractivity contribution in [3.05, 3.63) is 0 Å².